The van der Waals surface area contributed by atoms with E-state index in [9.17, 15) is 9.59 Å². The standard InChI is InChI=1S/C13H12Cl2N2O4/c1-2-21-13(20)8-3-5-9(6-4-8)17-16-7-10(14)11(15)12(18)19/h3-7,17H,2H2,1H3,(H,18,19)/b11-10+,16-7-. The summed E-state index contributed by atoms with van der Waals surface area (Å²) >= 11 is 11.0. The van der Waals surface area contributed by atoms with Crippen molar-refractivity contribution in [1.29, 1.82) is 0 Å². The highest BCUT2D eigenvalue weighted by Crippen LogP contribution is 2.13. The predicted octanol–water partition coefficient (Wildman–Crippen LogP) is 3.03. The number of aliphatic carboxylic acids is 1. The number of hydrazone groups is 1. The van der Waals surface area contributed by atoms with E-state index in [-0.39, 0.29) is 5.03 Å². The number of carbonyl (C=O) groups excluding carboxylic acids is 1. The highest BCUT2D eigenvalue weighted by molar-refractivity contribution is 6.51. The topological polar surface area (TPSA) is 88.0 Å². The van der Waals surface area contributed by atoms with Crippen molar-refractivity contribution in [2.45, 2.75) is 6.92 Å². The lowest BCUT2D eigenvalue weighted by molar-refractivity contribution is -0.131. The van der Waals surface area contributed by atoms with Crippen molar-refractivity contribution in [3.63, 3.8) is 0 Å². The van der Waals surface area contributed by atoms with Crippen LogP contribution in [0.3, 0.4) is 0 Å². The summed E-state index contributed by atoms with van der Waals surface area (Å²) in [5.74, 6) is -1.75. The number of ether oxygens (including phenoxy) is 1. The van der Waals surface area contributed by atoms with Gasteiger partial charge in [-0.05, 0) is 31.2 Å². The van der Waals surface area contributed by atoms with Gasteiger partial charge in [0.05, 0.1) is 29.1 Å². The van der Waals surface area contributed by atoms with Crippen molar-refractivity contribution in [3.05, 3.63) is 39.9 Å². The largest absolute Gasteiger partial charge is 0.477 e. The molecule has 6 nitrogen and oxygen atoms in total. The molecule has 2 N–H and O–H groups in total. The molecule has 0 bridgehead atoms. The number of hydrogen-bond donors (Lipinski definition) is 2. The monoisotopic (exact) mass is 330 g/mol. The second-order valence-electron chi connectivity index (χ2n) is 3.63. The van der Waals surface area contributed by atoms with Gasteiger partial charge in [-0.15, -0.1) is 0 Å². The molecule has 0 amide bonds. The first-order valence-electron chi connectivity index (χ1n) is 5.80. The van der Waals surface area contributed by atoms with Crippen molar-refractivity contribution >= 4 is 47.0 Å². The number of nitrogens with one attached hydrogen (secondary N) is 1. The second-order valence-corrected chi connectivity index (χ2v) is 4.42. The summed E-state index contributed by atoms with van der Waals surface area (Å²) in [4.78, 5) is 22.0. The van der Waals surface area contributed by atoms with Crippen LogP contribution in [0, 0.1) is 0 Å². The zero-order valence-corrected chi connectivity index (χ0v) is 12.5. The number of carbonyl (C=O) groups is 2. The SMILES string of the molecule is CCOC(=O)c1ccc(N/N=C\C(Cl)=C(/Cl)C(=O)O)cc1. The maximum absolute atomic E-state index is 11.4. The van der Waals surface area contributed by atoms with Gasteiger partial charge in [0.15, 0.2) is 0 Å². The van der Waals surface area contributed by atoms with E-state index in [1.807, 2.05) is 0 Å². The Morgan fingerprint density at radius 3 is 2.48 bits per heavy atom. The number of nitrogens with zero attached hydrogens (tertiary/aromatic N) is 1. The smallest absolute Gasteiger partial charge is 0.348 e. The minimum absolute atomic E-state index is 0.209. The molecule has 8 heteroatoms. The zero-order chi connectivity index (χ0) is 15.8. The third-order valence-corrected chi connectivity index (χ3v) is 2.91. The van der Waals surface area contributed by atoms with E-state index in [0.29, 0.717) is 17.9 Å². The number of carboxylic acids is 1. The Bertz CT molecular complexity index is 582. The molecule has 0 saturated heterocycles. The molecule has 0 fully saturated rings. The normalized spacial score (nSPS) is 12.0. The Morgan fingerprint density at radius 1 is 1.33 bits per heavy atom. The van der Waals surface area contributed by atoms with Gasteiger partial charge in [0, 0.05) is 0 Å². The molecule has 112 valence electrons. The highest BCUT2D eigenvalue weighted by Gasteiger charge is 2.08. The molecular weight excluding hydrogens is 319 g/mol. The third kappa shape index (κ3) is 5.45. The van der Waals surface area contributed by atoms with Gasteiger partial charge in [-0.2, -0.15) is 5.10 Å². The first-order chi connectivity index (χ1) is 9.95. The summed E-state index contributed by atoms with van der Waals surface area (Å²) in [6.45, 7) is 2.03. The van der Waals surface area contributed by atoms with Gasteiger partial charge in [0.1, 0.15) is 5.03 Å². The van der Waals surface area contributed by atoms with E-state index in [0.717, 1.165) is 6.21 Å². The first kappa shape index (κ1) is 17.0. The van der Waals surface area contributed by atoms with E-state index in [1.54, 1.807) is 31.2 Å². The predicted molar refractivity (Wildman–Crippen MR) is 80.9 cm³/mol. The maximum Gasteiger partial charge on any atom is 0.348 e. The van der Waals surface area contributed by atoms with E-state index in [4.69, 9.17) is 33.0 Å². The van der Waals surface area contributed by atoms with E-state index in [2.05, 4.69) is 10.5 Å². The molecule has 21 heavy (non-hydrogen) atoms. The molecule has 0 unspecified atom stereocenters. The molecule has 0 radical (unpaired) electrons. The summed E-state index contributed by atoms with van der Waals surface area (Å²) in [5, 5.41) is 11.6. The van der Waals surface area contributed by atoms with Crippen LogP contribution in [0.5, 0.6) is 0 Å². The number of benzene rings is 1. The molecule has 0 aromatic heterocycles. The number of carboxylic acid groups (broad SMARTS) is 1. The van der Waals surface area contributed by atoms with Gasteiger partial charge >= 0.3 is 11.9 Å². The Balaban J connectivity index is 2.67. The summed E-state index contributed by atoms with van der Waals surface area (Å²) in [7, 11) is 0. The van der Waals surface area contributed by atoms with Crippen molar-refractivity contribution in [2.24, 2.45) is 5.10 Å². The van der Waals surface area contributed by atoms with E-state index < -0.39 is 17.0 Å². The average molecular weight is 331 g/mol. The van der Waals surface area contributed by atoms with Gasteiger partial charge in [-0.1, -0.05) is 23.2 Å². The summed E-state index contributed by atoms with van der Waals surface area (Å²) in [6.07, 6.45) is 1.07. The molecule has 0 heterocycles. The van der Waals surface area contributed by atoms with Crippen LogP contribution in [0.25, 0.3) is 0 Å². The molecule has 0 aliphatic rings. The fourth-order valence-electron chi connectivity index (χ4n) is 1.22. The summed E-state index contributed by atoms with van der Waals surface area (Å²) < 4.78 is 4.85. The van der Waals surface area contributed by atoms with Crippen molar-refractivity contribution < 1.29 is 19.4 Å². The fraction of sp³-hybridized carbons (Fsp3) is 0.154. The van der Waals surface area contributed by atoms with E-state index in [1.165, 1.54) is 0 Å². The number of hydrogen-bond acceptors (Lipinski definition) is 5. The summed E-state index contributed by atoms with van der Waals surface area (Å²) in [5.41, 5.74) is 3.61. The van der Waals surface area contributed by atoms with Crippen LogP contribution in [0.1, 0.15) is 17.3 Å². The van der Waals surface area contributed by atoms with Crippen LogP contribution in [0.2, 0.25) is 0 Å². The van der Waals surface area contributed by atoms with Crippen molar-refractivity contribution in [2.75, 3.05) is 12.0 Å². The molecule has 1 aromatic rings. The Hall–Kier alpha value is -2.05. The van der Waals surface area contributed by atoms with Crippen LogP contribution >= 0.6 is 23.2 Å². The zero-order valence-electron chi connectivity index (χ0n) is 11.0. The van der Waals surface area contributed by atoms with Gasteiger partial charge in [0.25, 0.3) is 0 Å². The molecule has 0 atom stereocenters. The van der Waals surface area contributed by atoms with Gasteiger partial charge < -0.3 is 9.84 Å². The van der Waals surface area contributed by atoms with Crippen molar-refractivity contribution in [3.8, 4) is 0 Å². The number of esters is 1. The summed E-state index contributed by atoms with van der Waals surface area (Å²) in [6, 6.07) is 6.36. The maximum atomic E-state index is 11.4. The number of halogens is 2. The highest BCUT2D eigenvalue weighted by atomic mass is 35.5. The molecule has 0 spiro atoms. The molecule has 1 aromatic carbocycles. The lowest BCUT2D eigenvalue weighted by Crippen LogP contribution is -2.04. The van der Waals surface area contributed by atoms with Crippen LogP contribution in [0.4, 0.5) is 5.69 Å². The molecule has 0 aliphatic carbocycles. The minimum Gasteiger partial charge on any atom is -0.477 e. The van der Waals surface area contributed by atoms with Crippen LogP contribution in [-0.2, 0) is 9.53 Å². The van der Waals surface area contributed by atoms with Crippen LogP contribution in [0.15, 0.2) is 39.4 Å². The van der Waals surface area contributed by atoms with Gasteiger partial charge in [-0.25, -0.2) is 9.59 Å². The Kier molecular flexibility index (Phi) is 6.71. The molecule has 1 rings (SSSR count). The van der Waals surface area contributed by atoms with Crippen molar-refractivity contribution in [1.82, 2.24) is 0 Å². The number of anilines is 1. The number of rotatable bonds is 6. The third-order valence-electron chi connectivity index (χ3n) is 2.17. The molecular formula is C13H12Cl2N2O4. The van der Waals surface area contributed by atoms with Crippen LogP contribution in [-0.4, -0.2) is 29.9 Å². The van der Waals surface area contributed by atoms with Crippen LogP contribution < -0.4 is 5.43 Å². The van der Waals surface area contributed by atoms with Gasteiger partial charge in [0.2, 0.25) is 0 Å². The average Bonchev–Trinajstić information content (AvgIpc) is 2.47. The first-order valence-corrected chi connectivity index (χ1v) is 6.56. The molecule has 0 saturated carbocycles. The fourth-order valence-corrected chi connectivity index (χ4v) is 1.40. The lowest BCUT2D eigenvalue weighted by Gasteiger charge is -2.03. The Morgan fingerprint density at radius 2 is 1.95 bits per heavy atom. The lowest BCUT2D eigenvalue weighted by atomic mass is 10.2. The Labute approximate surface area is 131 Å². The van der Waals surface area contributed by atoms with Gasteiger partial charge in [-0.3, -0.25) is 5.43 Å². The number of allylic oxidation sites excluding steroid dienone is 1. The molecule has 0 aliphatic heterocycles. The minimum atomic E-state index is -1.34. The van der Waals surface area contributed by atoms with E-state index >= 15 is 0 Å². The second kappa shape index (κ2) is 8.28. The quantitative estimate of drug-likeness (QED) is 0.362.